The zero-order chi connectivity index (χ0) is 28.1. The van der Waals surface area contributed by atoms with E-state index in [-0.39, 0.29) is 10.8 Å². The van der Waals surface area contributed by atoms with Crippen molar-refractivity contribution < 1.29 is 30.7 Å². The second-order valence-corrected chi connectivity index (χ2v) is 11.3. The van der Waals surface area contributed by atoms with Gasteiger partial charge in [-0.05, 0) is 65.6 Å². The highest BCUT2D eigenvalue weighted by Crippen LogP contribution is 2.35. The molecule has 1 saturated heterocycles. The molecule has 1 fully saturated rings. The molecular weight excluding hydrogens is 478 g/mol. The summed E-state index contributed by atoms with van der Waals surface area (Å²) in [4.78, 5) is 0. The summed E-state index contributed by atoms with van der Waals surface area (Å²) in [7, 11) is 3.69. The molecule has 1 aliphatic rings. The number of halogens is 6. The molecule has 1 heterocycles. The quantitative estimate of drug-likeness (QED) is 0.185. The lowest BCUT2D eigenvalue weighted by atomic mass is 9.83. The van der Waals surface area contributed by atoms with E-state index in [9.17, 15) is 26.3 Å². The van der Waals surface area contributed by atoms with E-state index in [0.717, 1.165) is 36.0 Å². The van der Waals surface area contributed by atoms with Crippen LogP contribution in [-0.2, 0) is 27.5 Å². The Kier molecular flexibility index (Phi) is 10.7. The van der Waals surface area contributed by atoms with Gasteiger partial charge in [-0.25, -0.2) is 0 Å². The molecule has 0 N–H and O–H groups in total. The van der Waals surface area contributed by atoms with Crippen molar-refractivity contribution in [3.05, 3.63) is 76.9 Å². The van der Waals surface area contributed by atoms with E-state index in [1.54, 1.807) is 13.0 Å². The van der Waals surface area contributed by atoms with Crippen LogP contribution < -0.4 is 0 Å². The molecule has 204 valence electrons. The highest BCUT2D eigenvalue weighted by molar-refractivity contribution is 5.37. The lowest BCUT2D eigenvalue weighted by Crippen LogP contribution is -2.15. The molecule has 0 aliphatic carbocycles. The van der Waals surface area contributed by atoms with Gasteiger partial charge in [0.15, 0.2) is 0 Å². The van der Waals surface area contributed by atoms with Crippen molar-refractivity contribution in [2.45, 2.75) is 91.4 Å². The first kappa shape index (κ1) is 32.0. The molecule has 2 aromatic carbocycles. The summed E-state index contributed by atoms with van der Waals surface area (Å²) in [5.41, 5.74) is 1.36. The molecule has 2 aromatic rings. The molecule has 1 nitrogen and oxygen atoms in total. The Labute approximate surface area is 212 Å². The fourth-order valence-electron chi connectivity index (χ4n) is 3.70. The molecule has 0 amide bonds. The maximum absolute atomic E-state index is 12.5. The van der Waals surface area contributed by atoms with Gasteiger partial charge < -0.3 is 4.37 Å². The van der Waals surface area contributed by atoms with Crippen LogP contribution in [0.1, 0.15) is 87.8 Å². The van der Waals surface area contributed by atoms with Crippen LogP contribution in [0.2, 0.25) is 0 Å². The first-order chi connectivity index (χ1) is 16.1. The summed E-state index contributed by atoms with van der Waals surface area (Å²) in [6.45, 7) is 17.2. The summed E-state index contributed by atoms with van der Waals surface area (Å²) in [6.07, 6.45) is -5.89. The third kappa shape index (κ3) is 10.5. The molecule has 0 radical (unpaired) electrons. The van der Waals surface area contributed by atoms with Crippen molar-refractivity contribution in [3.63, 3.8) is 0 Å². The summed E-state index contributed by atoms with van der Waals surface area (Å²) in [6, 6.07) is 8.11. The number of alkyl halides is 6. The van der Waals surface area contributed by atoms with Gasteiger partial charge in [-0.15, -0.1) is 0 Å². The zero-order valence-electron chi connectivity index (χ0n) is 22.7. The van der Waals surface area contributed by atoms with E-state index in [1.807, 2.05) is 48.5 Å². The first-order valence-electron chi connectivity index (χ1n) is 12.0. The summed E-state index contributed by atoms with van der Waals surface area (Å²) < 4.78 is 77.8. The van der Waals surface area contributed by atoms with E-state index >= 15 is 0 Å². The van der Waals surface area contributed by atoms with Crippen LogP contribution in [0, 0.1) is 21.0 Å². The molecule has 0 atom stereocenters. The fraction of sp³-hybridized carbons (Fsp3) is 0.552. The van der Waals surface area contributed by atoms with Gasteiger partial charge in [-0.3, -0.25) is 0 Å². The van der Waals surface area contributed by atoms with Crippen molar-refractivity contribution in [2.75, 3.05) is 13.2 Å². The van der Waals surface area contributed by atoms with Gasteiger partial charge in [0.05, 0.1) is 11.1 Å². The summed E-state index contributed by atoms with van der Waals surface area (Å²) in [5.74, 6) is 0. The fourth-order valence-corrected chi connectivity index (χ4v) is 3.70. The van der Waals surface area contributed by atoms with Gasteiger partial charge in [-0.1, -0.05) is 66.3 Å². The minimum absolute atomic E-state index is 0.258. The third-order valence-electron chi connectivity index (χ3n) is 5.76. The Hall–Kier alpha value is -2.02. The Morgan fingerprint density at radius 1 is 0.639 bits per heavy atom. The topological polar surface area (TPSA) is 2.70 Å². The minimum Gasteiger partial charge on any atom is -0.570 e. The van der Waals surface area contributed by atoms with Gasteiger partial charge in [0.2, 0.25) is 0 Å². The van der Waals surface area contributed by atoms with E-state index in [2.05, 4.69) is 11.5 Å². The van der Waals surface area contributed by atoms with Gasteiger partial charge in [-0.2, -0.15) is 26.3 Å². The van der Waals surface area contributed by atoms with Crippen molar-refractivity contribution >= 4 is 0 Å². The smallest absolute Gasteiger partial charge is 0.416 e. The lowest BCUT2D eigenvalue weighted by molar-refractivity contribution is -0.138. The summed E-state index contributed by atoms with van der Waals surface area (Å²) in [5, 5.41) is 0. The predicted octanol–water partition coefficient (Wildman–Crippen LogP) is 9.75. The molecule has 7 heteroatoms. The van der Waals surface area contributed by atoms with Gasteiger partial charge >= 0.3 is 12.4 Å². The Morgan fingerprint density at radius 2 is 1.11 bits per heavy atom. The van der Waals surface area contributed by atoms with Gasteiger partial charge in [0.25, 0.3) is 0 Å². The monoisotopic (exact) mass is 518 g/mol. The van der Waals surface area contributed by atoms with Crippen LogP contribution in [0.25, 0.3) is 0 Å². The second-order valence-electron chi connectivity index (χ2n) is 11.3. The average Bonchev–Trinajstić information content (AvgIpc) is 3.16. The van der Waals surface area contributed by atoms with Crippen LogP contribution in [0.15, 0.2) is 36.4 Å². The molecule has 0 unspecified atom stereocenters. The van der Waals surface area contributed by atoms with Gasteiger partial charge in [0.1, 0.15) is 13.2 Å². The highest BCUT2D eigenvalue weighted by atomic mass is 19.4. The molecule has 0 aromatic heterocycles. The number of hydrogen-bond donors (Lipinski definition) is 0. The van der Waals surface area contributed by atoms with E-state index < -0.39 is 23.5 Å². The number of aryl methyl sites for hydroxylation is 2. The number of benzene rings is 2. The van der Waals surface area contributed by atoms with Crippen LogP contribution in [-0.4, -0.2) is 13.2 Å². The van der Waals surface area contributed by atoms with Gasteiger partial charge in [0, 0.05) is 12.8 Å². The van der Waals surface area contributed by atoms with Crippen molar-refractivity contribution in [1.82, 2.24) is 0 Å². The highest BCUT2D eigenvalue weighted by Gasteiger charge is 2.32. The molecule has 0 spiro atoms. The maximum Gasteiger partial charge on any atom is 0.416 e. The van der Waals surface area contributed by atoms with Crippen LogP contribution in [0.3, 0.4) is 0 Å². The SMILES string of the molecule is Cc1cc(C(C)(C)C)cc(C(F)(F)F)c1.Cc1ccc(C(F)(F)F)cc1C(C)(C)C.[CH2-][O+]1CCCC1. The van der Waals surface area contributed by atoms with Crippen molar-refractivity contribution in [3.8, 4) is 0 Å². The third-order valence-corrected chi connectivity index (χ3v) is 5.76. The zero-order valence-corrected chi connectivity index (χ0v) is 22.7. The number of rotatable bonds is 0. The van der Waals surface area contributed by atoms with E-state index in [4.69, 9.17) is 0 Å². The maximum atomic E-state index is 12.5. The van der Waals surface area contributed by atoms with E-state index in [0.29, 0.717) is 5.56 Å². The number of hydrogen-bond acceptors (Lipinski definition) is 0. The Morgan fingerprint density at radius 3 is 1.47 bits per heavy atom. The minimum atomic E-state index is -4.26. The average molecular weight is 519 g/mol. The summed E-state index contributed by atoms with van der Waals surface area (Å²) >= 11 is 0. The van der Waals surface area contributed by atoms with Crippen LogP contribution >= 0.6 is 0 Å². The molecule has 36 heavy (non-hydrogen) atoms. The molecule has 0 saturated carbocycles. The Bertz CT molecular complexity index is 937. The molecular formula is C29H40F6O. The molecule has 3 rings (SSSR count). The predicted molar refractivity (Wildman–Crippen MR) is 135 cm³/mol. The molecule has 1 aliphatic heterocycles. The normalized spacial score (nSPS) is 15.1. The molecule has 0 bridgehead atoms. The Balaban J connectivity index is 0.000000293. The van der Waals surface area contributed by atoms with Crippen molar-refractivity contribution in [1.29, 1.82) is 0 Å². The van der Waals surface area contributed by atoms with Crippen molar-refractivity contribution in [2.24, 2.45) is 0 Å². The standard InChI is InChI=1S/2C12H15F3.C5H10O/c1-8-5-9(11(2,3)4)7-10(6-8)12(13,14)15;1-8-5-6-9(12(13,14)15)7-10(8)11(2,3)4;1-6-4-2-3-5-6/h2*5-7H,1-4H3;1-5H2. The van der Waals surface area contributed by atoms with Crippen LogP contribution in [0.4, 0.5) is 26.3 Å². The first-order valence-corrected chi connectivity index (χ1v) is 12.0. The lowest BCUT2D eigenvalue weighted by Gasteiger charge is -2.23. The van der Waals surface area contributed by atoms with E-state index in [1.165, 1.54) is 37.1 Å². The van der Waals surface area contributed by atoms with Crippen LogP contribution in [0.5, 0.6) is 0 Å². The largest absolute Gasteiger partial charge is 0.570 e. The second kappa shape index (κ2) is 12.0.